The topological polar surface area (TPSA) is 25.2 Å². The van der Waals surface area contributed by atoms with Crippen LogP contribution in [0.2, 0.25) is 0 Å². The molecule has 1 aromatic rings. The first-order valence-electron chi connectivity index (χ1n) is 4.78. The molecule has 1 atom stereocenters. The molecule has 2 nitrogen and oxygen atoms in total. The lowest BCUT2D eigenvalue weighted by Gasteiger charge is -2.16. The van der Waals surface area contributed by atoms with Crippen molar-refractivity contribution >= 4 is 0 Å². The molecule has 1 saturated carbocycles. The Kier molecular flexibility index (Phi) is 1.62. The predicted molar refractivity (Wildman–Crippen MR) is 52.6 cm³/mol. The van der Waals surface area contributed by atoms with Crippen LogP contribution in [0.1, 0.15) is 31.8 Å². The Morgan fingerprint density at radius 2 is 2.00 bits per heavy atom. The van der Waals surface area contributed by atoms with E-state index in [2.05, 4.69) is 25.2 Å². The van der Waals surface area contributed by atoms with Crippen LogP contribution >= 0.6 is 0 Å². The molecule has 0 amide bonds. The van der Waals surface area contributed by atoms with E-state index >= 15 is 0 Å². The van der Waals surface area contributed by atoms with Gasteiger partial charge in [-0.1, -0.05) is 13.8 Å². The highest BCUT2D eigenvalue weighted by Crippen LogP contribution is 2.62. The second-order valence-electron chi connectivity index (χ2n) is 4.63. The third-order valence-corrected chi connectivity index (χ3v) is 3.33. The molecule has 0 saturated heterocycles. The standard InChI is InChI=1S/C11H17NO/c1-8-5-6-9(13-8)11(12-4)7-10(11,2)3/h5-6,12H,7H2,1-4H3. The summed E-state index contributed by atoms with van der Waals surface area (Å²) >= 11 is 0. The predicted octanol–water partition coefficient (Wildman–Crippen LogP) is 2.43. The van der Waals surface area contributed by atoms with Gasteiger partial charge in [-0.25, -0.2) is 0 Å². The van der Waals surface area contributed by atoms with Crippen LogP contribution in [0.4, 0.5) is 0 Å². The van der Waals surface area contributed by atoms with Crippen molar-refractivity contribution in [2.75, 3.05) is 7.05 Å². The van der Waals surface area contributed by atoms with Crippen molar-refractivity contribution in [2.45, 2.75) is 32.7 Å². The smallest absolute Gasteiger partial charge is 0.124 e. The average molecular weight is 179 g/mol. The Morgan fingerprint density at radius 3 is 2.31 bits per heavy atom. The zero-order valence-electron chi connectivity index (χ0n) is 8.77. The summed E-state index contributed by atoms with van der Waals surface area (Å²) in [7, 11) is 2.01. The van der Waals surface area contributed by atoms with E-state index in [0.717, 1.165) is 17.9 Å². The number of aryl methyl sites for hydroxylation is 1. The molecule has 72 valence electrons. The summed E-state index contributed by atoms with van der Waals surface area (Å²) in [6.07, 6.45) is 1.16. The molecule has 2 rings (SSSR count). The molecule has 13 heavy (non-hydrogen) atoms. The monoisotopic (exact) mass is 179 g/mol. The summed E-state index contributed by atoms with van der Waals surface area (Å²) in [5.74, 6) is 2.07. The third kappa shape index (κ3) is 1.05. The average Bonchev–Trinajstić information content (AvgIpc) is 2.43. The van der Waals surface area contributed by atoms with Gasteiger partial charge in [0.25, 0.3) is 0 Å². The summed E-state index contributed by atoms with van der Waals surface area (Å²) in [6, 6.07) is 4.11. The maximum absolute atomic E-state index is 5.67. The quantitative estimate of drug-likeness (QED) is 0.754. The highest BCUT2D eigenvalue weighted by Gasteiger charge is 2.63. The molecule has 1 unspecified atom stereocenters. The minimum atomic E-state index is 0.0846. The first kappa shape index (κ1) is 8.82. The minimum absolute atomic E-state index is 0.0846. The van der Waals surface area contributed by atoms with Gasteiger partial charge in [0.05, 0.1) is 5.54 Å². The van der Waals surface area contributed by atoms with E-state index in [9.17, 15) is 0 Å². The third-order valence-electron chi connectivity index (χ3n) is 3.33. The molecule has 1 fully saturated rings. The molecule has 1 N–H and O–H groups in total. The summed E-state index contributed by atoms with van der Waals surface area (Å²) in [5, 5.41) is 3.38. The Labute approximate surface area is 79.3 Å². The van der Waals surface area contributed by atoms with E-state index in [-0.39, 0.29) is 5.54 Å². The van der Waals surface area contributed by atoms with Crippen molar-refractivity contribution in [3.8, 4) is 0 Å². The van der Waals surface area contributed by atoms with Crippen LogP contribution in [0.3, 0.4) is 0 Å². The largest absolute Gasteiger partial charge is 0.464 e. The maximum Gasteiger partial charge on any atom is 0.124 e. The molecule has 0 spiro atoms. The molecule has 1 aliphatic rings. The molecule has 2 heteroatoms. The fraction of sp³-hybridized carbons (Fsp3) is 0.636. The van der Waals surface area contributed by atoms with Crippen molar-refractivity contribution < 1.29 is 4.42 Å². The van der Waals surface area contributed by atoms with Gasteiger partial charge in [-0.2, -0.15) is 0 Å². The summed E-state index contributed by atoms with van der Waals surface area (Å²) in [4.78, 5) is 0. The van der Waals surface area contributed by atoms with Crippen LogP contribution in [0, 0.1) is 12.3 Å². The van der Waals surface area contributed by atoms with Crippen LogP contribution in [-0.4, -0.2) is 7.05 Å². The van der Waals surface area contributed by atoms with Crippen LogP contribution in [0.5, 0.6) is 0 Å². The van der Waals surface area contributed by atoms with Crippen molar-refractivity contribution in [3.05, 3.63) is 23.7 Å². The van der Waals surface area contributed by atoms with Crippen LogP contribution in [0.25, 0.3) is 0 Å². The molecule has 0 bridgehead atoms. The van der Waals surface area contributed by atoms with E-state index < -0.39 is 0 Å². The minimum Gasteiger partial charge on any atom is -0.464 e. The number of furan rings is 1. The lowest BCUT2D eigenvalue weighted by Crippen LogP contribution is -2.29. The molecular weight excluding hydrogens is 162 g/mol. The van der Waals surface area contributed by atoms with E-state index in [1.165, 1.54) is 0 Å². The molecular formula is C11H17NO. The summed E-state index contributed by atoms with van der Waals surface area (Å²) < 4.78 is 5.67. The van der Waals surface area contributed by atoms with Crippen molar-refractivity contribution in [1.82, 2.24) is 5.32 Å². The van der Waals surface area contributed by atoms with E-state index in [4.69, 9.17) is 4.42 Å². The highest BCUT2D eigenvalue weighted by atomic mass is 16.3. The molecule has 0 radical (unpaired) electrons. The van der Waals surface area contributed by atoms with Gasteiger partial charge in [0.1, 0.15) is 11.5 Å². The fourth-order valence-electron chi connectivity index (χ4n) is 2.25. The maximum atomic E-state index is 5.67. The van der Waals surface area contributed by atoms with Gasteiger partial charge in [0, 0.05) is 0 Å². The van der Waals surface area contributed by atoms with Crippen LogP contribution in [0.15, 0.2) is 16.5 Å². The van der Waals surface area contributed by atoms with Gasteiger partial charge in [0.2, 0.25) is 0 Å². The molecule has 1 aromatic heterocycles. The molecule has 0 aliphatic heterocycles. The van der Waals surface area contributed by atoms with E-state index in [1.807, 2.05) is 20.0 Å². The van der Waals surface area contributed by atoms with Gasteiger partial charge in [-0.05, 0) is 37.9 Å². The van der Waals surface area contributed by atoms with Crippen LogP contribution in [-0.2, 0) is 5.54 Å². The number of hydrogen-bond acceptors (Lipinski definition) is 2. The molecule has 1 heterocycles. The van der Waals surface area contributed by atoms with Gasteiger partial charge in [-0.15, -0.1) is 0 Å². The normalized spacial score (nSPS) is 30.5. The Balaban J connectivity index is 2.35. The number of hydrogen-bond donors (Lipinski definition) is 1. The van der Waals surface area contributed by atoms with Gasteiger partial charge in [-0.3, -0.25) is 0 Å². The molecule has 1 aliphatic carbocycles. The van der Waals surface area contributed by atoms with Crippen molar-refractivity contribution in [1.29, 1.82) is 0 Å². The first-order valence-corrected chi connectivity index (χ1v) is 4.78. The lowest BCUT2D eigenvalue weighted by molar-refractivity contribution is 0.347. The van der Waals surface area contributed by atoms with Crippen molar-refractivity contribution in [2.24, 2.45) is 5.41 Å². The Bertz CT molecular complexity index is 327. The summed E-state index contributed by atoms with van der Waals surface area (Å²) in [5.41, 5.74) is 0.410. The van der Waals surface area contributed by atoms with Gasteiger partial charge in [0.15, 0.2) is 0 Å². The Hall–Kier alpha value is -0.760. The van der Waals surface area contributed by atoms with Gasteiger partial charge >= 0.3 is 0 Å². The fourth-order valence-corrected chi connectivity index (χ4v) is 2.25. The zero-order valence-corrected chi connectivity index (χ0v) is 8.77. The lowest BCUT2D eigenvalue weighted by atomic mass is 10.0. The highest BCUT2D eigenvalue weighted by molar-refractivity contribution is 5.29. The van der Waals surface area contributed by atoms with Crippen LogP contribution < -0.4 is 5.32 Å². The second-order valence-corrected chi connectivity index (χ2v) is 4.63. The number of rotatable bonds is 2. The van der Waals surface area contributed by atoms with E-state index in [0.29, 0.717) is 5.41 Å². The van der Waals surface area contributed by atoms with Crippen molar-refractivity contribution in [3.63, 3.8) is 0 Å². The SMILES string of the molecule is CNC1(c2ccc(C)o2)CC1(C)C. The zero-order chi connectivity index (χ0) is 9.69. The van der Waals surface area contributed by atoms with E-state index in [1.54, 1.807) is 0 Å². The van der Waals surface area contributed by atoms with Gasteiger partial charge < -0.3 is 9.73 Å². The first-order chi connectivity index (χ1) is 6.02. The second kappa shape index (κ2) is 2.38. The number of nitrogens with one attached hydrogen (secondary N) is 1. The Morgan fingerprint density at radius 1 is 1.38 bits per heavy atom. The molecule has 0 aromatic carbocycles. The summed E-state index contributed by atoms with van der Waals surface area (Å²) in [6.45, 7) is 6.52.